The van der Waals surface area contributed by atoms with E-state index in [-0.39, 0.29) is 17.4 Å². The summed E-state index contributed by atoms with van der Waals surface area (Å²) in [6.07, 6.45) is 3.97. The van der Waals surface area contributed by atoms with Crippen LogP contribution < -0.4 is 11.1 Å². The van der Waals surface area contributed by atoms with Crippen molar-refractivity contribution in [2.24, 2.45) is 5.73 Å². The first-order valence-corrected chi connectivity index (χ1v) is 8.40. The van der Waals surface area contributed by atoms with Crippen LogP contribution >= 0.6 is 11.5 Å². The molecule has 1 heterocycles. The fraction of sp³-hybridized carbons (Fsp3) is 0.438. The molecule has 0 spiro atoms. The number of nitrogens with two attached hydrogens (primary N) is 1. The van der Waals surface area contributed by atoms with E-state index in [9.17, 15) is 4.79 Å². The van der Waals surface area contributed by atoms with E-state index in [1.807, 2.05) is 6.07 Å². The quantitative estimate of drug-likeness (QED) is 0.905. The molecule has 0 aliphatic heterocycles. The molecule has 1 aromatic heterocycles. The van der Waals surface area contributed by atoms with Crippen LogP contribution in [0.3, 0.4) is 0 Å². The molecule has 1 aliphatic rings. The predicted octanol–water partition coefficient (Wildman–Crippen LogP) is 2.11. The Kier molecular flexibility index (Phi) is 4.49. The summed E-state index contributed by atoms with van der Waals surface area (Å²) in [5.74, 6) is -0.154. The maximum atomic E-state index is 12.2. The van der Waals surface area contributed by atoms with Gasteiger partial charge in [0.2, 0.25) is 0 Å². The highest BCUT2D eigenvalue weighted by Crippen LogP contribution is 2.38. The third-order valence-electron chi connectivity index (χ3n) is 4.55. The lowest BCUT2D eigenvalue weighted by Gasteiger charge is -2.40. The molecular weight excluding hydrogens is 296 g/mol. The van der Waals surface area contributed by atoms with Gasteiger partial charge in [-0.2, -0.15) is 0 Å². The van der Waals surface area contributed by atoms with E-state index >= 15 is 0 Å². The summed E-state index contributed by atoms with van der Waals surface area (Å²) < 4.78 is 3.74. The second-order valence-corrected chi connectivity index (χ2v) is 6.57. The van der Waals surface area contributed by atoms with E-state index < -0.39 is 0 Å². The molecule has 2 aromatic rings. The van der Waals surface area contributed by atoms with E-state index in [2.05, 4.69) is 39.2 Å². The molecule has 1 aromatic carbocycles. The third kappa shape index (κ3) is 3.18. The number of rotatable bonds is 4. The minimum atomic E-state index is -0.154. The lowest BCUT2D eigenvalue weighted by Crippen LogP contribution is -2.45. The molecule has 1 saturated carbocycles. The van der Waals surface area contributed by atoms with Crippen LogP contribution in [0.4, 0.5) is 0 Å². The van der Waals surface area contributed by atoms with Crippen molar-refractivity contribution in [3.63, 3.8) is 0 Å². The Labute approximate surface area is 134 Å². The highest BCUT2D eigenvalue weighted by atomic mass is 32.1. The minimum absolute atomic E-state index is 0.0315. The van der Waals surface area contributed by atoms with Gasteiger partial charge >= 0.3 is 0 Å². The van der Waals surface area contributed by atoms with Gasteiger partial charge in [0, 0.05) is 23.4 Å². The molecule has 1 aliphatic carbocycles. The average Bonchev–Trinajstić information content (AvgIpc) is 3.10. The highest BCUT2D eigenvalue weighted by Gasteiger charge is 2.36. The largest absolute Gasteiger partial charge is 0.350 e. The van der Waals surface area contributed by atoms with Gasteiger partial charge in [0.05, 0.1) is 0 Å². The van der Waals surface area contributed by atoms with E-state index in [0.717, 1.165) is 25.7 Å². The number of hydrogen-bond acceptors (Lipinski definition) is 5. The van der Waals surface area contributed by atoms with Crippen molar-refractivity contribution in [2.75, 3.05) is 6.54 Å². The zero-order valence-corrected chi connectivity index (χ0v) is 13.2. The van der Waals surface area contributed by atoms with E-state index in [4.69, 9.17) is 5.73 Å². The molecule has 22 heavy (non-hydrogen) atoms. The molecule has 0 unspecified atom stereocenters. The molecule has 1 amide bonds. The van der Waals surface area contributed by atoms with E-state index in [1.54, 1.807) is 5.38 Å². The maximum absolute atomic E-state index is 12.2. The fourth-order valence-electron chi connectivity index (χ4n) is 3.16. The second kappa shape index (κ2) is 6.54. The Morgan fingerprint density at radius 1 is 1.32 bits per heavy atom. The number of nitrogens with zero attached hydrogens (tertiary/aromatic N) is 2. The van der Waals surface area contributed by atoms with Gasteiger partial charge in [-0.1, -0.05) is 34.8 Å². The van der Waals surface area contributed by atoms with E-state index in [1.165, 1.54) is 17.1 Å². The number of hydrogen-bond donors (Lipinski definition) is 2. The van der Waals surface area contributed by atoms with E-state index in [0.29, 0.717) is 12.2 Å². The second-order valence-electron chi connectivity index (χ2n) is 5.96. The molecule has 3 N–H and O–H groups in total. The monoisotopic (exact) mass is 316 g/mol. The number of carbonyl (C=O) groups excluding carboxylic acids is 1. The first-order chi connectivity index (χ1) is 10.7. The fourth-order valence-corrected chi connectivity index (χ4v) is 3.59. The number of aromatic nitrogens is 2. The van der Waals surface area contributed by atoms with Crippen molar-refractivity contribution in [2.45, 2.75) is 37.1 Å². The van der Waals surface area contributed by atoms with Gasteiger partial charge < -0.3 is 11.1 Å². The number of amides is 1. The SMILES string of the molecule is NC1CCC(CNC(=O)c2csnn2)(c2ccccc2)CC1. The van der Waals surface area contributed by atoms with Gasteiger partial charge in [0.15, 0.2) is 5.69 Å². The molecule has 0 radical (unpaired) electrons. The number of benzene rings is 1. The van der Waals surface area contributed by atoms with Gasteiger partial charge in [-0.15, -0.1) is 5.10 Å². The molecule has 3 rings (SSSR count). The van der Waals surface area contributed by atoms with Crippen molar-refractivity contribution in [1.82, 2.24) is 14.9 Å². The lowest BCUT2D eigenvalue weighted by atomic mass is 9.68. The molecule has 0 bridgehead atoms. The van der Waals surface area contributed by atoms with Crippen LogP contribution in [0.25, 0.3) is 0 Å². The predicted molar refractivity (Wildman–Crippen MR) is 86.8 cm³/mol. The van der Waals surface area contributed by atoms with Gasteiger partial charge in [0.25, 0.3) is 5.91 Å². The number of nitrogens with one attached hydrogen (secondary N) is 1. The van der Waals surface area contributed by atoms with Crippen LogP contribution in [0, 0.1) is 0 Å². The molecule has 0 atom stereocenters. The molecule has 5 nitrogen and oxygen atoms in total. The van der Waals surface area contributed by atoms with Crippen LogP contribution in [0.15, 0.2) is 35.7 Å². The van der Waals surface area contributed by atoms with Crippen molar-refractivity contribution >= 4 is 17.4 Å². The topological polar surface area (TPSA) is 80.9 Å². The summed E-state index contributed by atoms with van der Waals surface area (Å²) in [4.78, 5) is 12.2. The molecule has 116 valence electrons. The summed E-state index contributed by atoms with van der Waals surface area (Å²) in [5.41, 5.74) is 7.70. The Bertz CT molecular complexity index is 606. The van der Waals surface area contributed by atoms with Crippen molar-refractivity contribution in [3.8, 4) is 0 Å². The summed E-state index contributed by atoms with van der Waals surface area (Å²) in [6, 6.07) is 10.7. The van der Waals surface area contributed by atoms with Crippen LogP contribution in [0.2, 0.25) is 0 Å². The van der Waals surface area contributed by atoms with Crippen LogP contribution in [0.1, 0.15) is 41.7 Å². The highest BCUT2D eigenvalue weighted by molar-refractivity contribution is 7.03. The van der Waals surface area contributed by atoms with Gasteiger partial charge in [-0.3, -0.25) is 4.79 Å². The lowest BCUT2D eigenvalue weighted by molar-refractivity contribution is 0.0930. The Morgan fingerprint density at radius 3 is 2.68 bits per heavy atom. The molecule has 0 saturated heterocycles. The van der Waals surface area contributed by atoms with Gasteiger partial charge in [-0.05, 0) is 42.8 Å². The Hall–Kier alpha value is -1.79. The summed E-state index contributed by atoms with van der Waals surface area (Å²) in [5, 5.41) is 8.53. The summed E-state index contributed by atoms with van der Waals surface area (Å²) >= 11 is 1.19. The Balaban J connectivity index is 1.76. The zero-order valence-electron chi connectivity index (χ0n) is 12.4. The van der Waals surface area contributed by atoms with Crippen molar-refractivity contribution < 1.29 is 4.79 Å². The van der Waals surface area contributed by atoms with Crippen molar-refractivity contribution in [1.29, 1.82) is 0 Å². The first kappa shape index (κ1) is 15.1. The summed E-state index contributed by atoms with van der Waals surface area (Å²) in [7, 11) is 0. The smallest absolute Gasteiger partial charge is 0.272 e. The maximum Gasteiger partial charge on any atom is 0.272 e. The standard InChI is InChI=1S/C16H20N4OS/c17-13-6-8-16(9-7-13,12-4-2-1-3-5-12)11-18-15(21)14-10-22-20-19-14/h1-5,10,13H,6-9,11,17H2,(H,18,21). The van der Waals surface area contributed by atoms with Gasteiger partial charge in [0.1, 0.15) is 0 Å². The third-order valence-corrected chi connectivity index (χ3v) is 5.06. The van der Waals surface area contributed by atoms with Crippen LogP contribution in [0.5, 0.6) is 0 Å². The summed E-state index contributed by atoms with van der Waals surface area (Å²) in [6.45, 7) is 0.611. The normalized spacial score (nSPS) is 24.9. The first-order valence-electron chi connectivity index (χ1n) is 7.56. The number of carbonyl (C=O) groups is 1. The van der Waals surface area contributed by atoms with Crippen LogP contribution in [-0.2, 0) is 5.41 Å². The zero-order chi connectivity index (χ0) is 15.4. The average molecular weight is 316 g/mol. The molecule has 1 fully saturated rings. The van der Waals surface area contributed by atoms with Crippen molar-refractivity contribution in [3.05, 3.63) is 47.0 Å². The van der Waals surface area contributed by atoms with Crippen LogP contribution in [-0.4, -0.2) is 28.1 Å². The van der Waals surface area contributed by atoms with Gasteiger partial charge in [-0.25, -0.2) is 0 Å². The molecule has 6 heteroatoms. The minimum Gasteiger partial charge on any atom is -0.350 e. The Morgan fingerprint density at radius 2 is 2.05 bits per heavy atom. The molecular formula is C16H20N4OS.